The summed E-state index contributed by atoms with van der Waals surface area (Å²) >= 11 is 0. The highest BCUT2D eigenvalue weighted by Gasteiger charge is 2.16. The standard InChI is InChI=1S/C22H28N2O/c1-3-6-17(2)23-22(25)20-11-9-18(10-12-20)15-24-14-13-19-7-4-5-8-21(19)16-24/h4-5,7-12,17H,3,6,13-16H2,1-2H3,(H,23,25)/t17-/m0/s1. The van der Waals surface area contributed by atoms with E-state index in [-0.39, 0.29) is 11.9 Å². The summed E-state index contributed by atoms with van der Waals surface area (Å²) in [5.74, 6) is 0.0272. The number of nitrogens with zero attached hydrogens (tertiary/aromatic N) is 1. The van der Waals surface area contributed by atoms with Crippen LogP contribution in [0.4, 0.5) is 0 Å². The van der Waals surface area contributed by atoms with Crippen LogP contribution in [0.15, 0.2) is 48.5 Å². The zero-order chi connectivity index (χ0) is 17.6. The Kier molecular flexibility index (Phi) is 5.87. The minimum atomic E-state index is 0.0272. The van der Waals surface area contributed by atoms with Crippen molar-refractivity contribution in [1.82, 2.24) is 10.2 Å². The van der Waals surface area contributed by atoms with E-state index in [0.717, 1.165) is 44.5 Å². The van der Waals surface area contributed by atoms with Crippen LogP contribution in [-0.2, 0) is 19.5 Å². The van der Waals surface area contributed by atoms with Crippen molar-refractivity contribution in [1.29, 1.82) is 0 Å². The van der Waals surface area contributed by atoms with Crippen LogP contribution >= 0.6 is 0 Å². The predicted octanol–water partition coefficient (Wildman–Crippen LogP) is 4.16. The van der Waals surface area contributed by atoms with E-state index in [9.17, 15) is 4.79 Å². The van der Waals surface area contributed by atoms with Crippen LogP contribution in [-0.4, -0.2) is 23.4 Å². The highest BCUT2D eigenvalue weighted by Crippen LogP contribution is 2.20. The third-order valence-electron chi connectivity index (χ3n) is 4.93. The van der Waals surface area contributed by atoms with Crippen LogP contribution in [0.2, 0.25) is 0 Å². The molecule has 0 spiro atoms. The molecule has 1 aliphatic heterocycles. The number of amides is 1. The average molecular weight is 336 g/mol. The van der Waals surface area contributed by atoms with E-state index >= 15 is 0 Å². The highest BCUT2D eigenvalue weighted by molar-refractivity contribution is 5.94. The summed E-state index contributed by atoms with van der Waals surface area (Å²) in [4.78, 5) is 14.7. The summed E-state index contributed by atoms with van der Waals surface area (Å²) < 4.78 is 0. The van der Waals surface area contributed by atoms with Crippen molar-refractivity contribution in [2.24, 2.45) is 0 Å². The first kappa shape index (κ1) is 17.7. The van der Waals surface area contributed by atoms with Crippen molar-refractivity contribution in [3.63, 3.8) is 0 Å². The summed E-state index contributed by atoms with van der Waals surface area (Å²) in [7, 11) is 0. The fourth-order valence-corrected chi connectivity index (χ4v) is 3.52. The molecule has 1 amide bonds. The third kappa shape index (κ3) is 4.70. The highest BCUT2D eigenvalue weighted by atomic mass is 16.1. The van der Waals surface area contributed by atoms with E-state index in [2.05, 4.69) is 60.5 Å². The fraction of sp³-hybridized carbons (Fsp3) is 0.409. The van der Waals surface area contributed by atoms with Crippen molar-refractivity contribution in [2.75, 3.05) is 6.54 Å². The molecule has 0 unspecified atom stereocenters. The van der Waals surface area contributed by atoms with Crippen molar-refractivity contribution < 1.29 is 4.79 Å². The van der Waals surface area contributed by atoms with Gasteiger partial charge in [-0.05, 0) is 48.6 Å². The topological polar surface area (TPSA) is 32.3 Å². The summed E-state index contributed by atoms with van der Waals surface area (Å²) in [5.41, 5.74) is 4.93. The molecule has 0 bridgehead atoms. The SMILES string of the molecule is CCC[C@H](C)NC(=O)c1ccc(CN2CCc3ccccc3C2)cc1. The van der Waals surface area contributed by atoms with Gasteiger partial charge in [-0.2, -0.15) is 0 Å². The molecule has 1 aliphatic rings. The van der Waals surface area contributed by atoms with Crippen LogP contribution in [0, 0.1) is 0 Å². The number of hydrogen-bond donors (Lipinski definition) is 1. The van der Waals surface area contributed by atoms with Crippen molar-refractivity contribution >= 4 is 5.91 Å². The maximum atomic E-state index is 12.2. The molecule has 1 N–H and O–H groups in total. The predicted molar refractivity (Wildman–Crippen MR) is 103 cm³/mol. The van der Waals surface area contributed by atoms with Crippen molar-refractivity contribution in [2.45, 2.75) is 52.2 Å². The second-order valence-corrected chi connectivity index (χ2v) is 7.09. The lowest BCUT2D eigenvalue weighted by atomic mass is 9.99. The second kappa shape index (κ2) is 8.30. The molecule has 2 aromatic carbocycles. The van der Waals surface area contributed by atoms with Crippen molar-refractivity contribution in [3.8, 4) is 0 Å². The normalized spacial score (nSPS) is 15.4. The maximum Gasteiger partial charge on any atom is 0.251 e. The van der Waals surface area contributed by atoms with Gasteiger partial charge in [0.15, 0.2) is 0 Å². The molecular formula is C22H28N2O. The van der Waals surface area contributed by atoms with Gasteiger partial charge in [-0.15, -0.1) is 0 Å². The van der Waals surface area contributed by atoms with Gasteiger partial charge in [0.05, 0.1) is 0 Å². The first-order valence-electron chi connectivity index (χ1n) is 9.34. The number of fused-ring (bicyclic) bond motifs is 1. The molecule has 3 rings (SSSR count). The summed E-state index contributed by atoms with van der Waals surface area (Å²) in [6.07, 6.45) is 3.21. The van der Waals surface area contributed by atoms with Crippen LogP contribution < -0.4 is 5.32 Å². The van der Waals surface area contributed by atoms with Gasteiger partial charge in [0.25, 0.3) is 5.91 Å². The van der Waals surface area contributed by atoms with E-state index in [1.165, 1.54) is 16.7 Å². The Morgan fingerprint density at radius 2 is 1.84 bits per heavy atom. The lowest BCUT2D eigenvalue weighted by Crippen LogP contribution is -2.32. The Morgan fingerprint density at radius 3 is 2.56 bits per heavy atom. The maximum absolute atomic E-state index is 12.2. The molecular weight excluding hydrogens is 308 g/mol. The van der Waals surface area contributed by atoms with Gasteiger partial charge in [0.2, 0.25) is 0 Å². The average Bonchev–Trinajstić information content (AvgIpc) is 2.62. The Bertz CT molecular complexity index is 708. The lowest BCUT2D eigenvalue weighted by molar-refractivity contribution is 0.0938. The summed E-state index contributed by atoms with van der Waals surface area (Å²) in [5, 5.41) is 3.06. The number of benzene rings is 2. The Morgan fingerprint density at radius 1 is 1.12 bits per heavy atom. The van der Waals surface area contributed by atoms with Crippen LogP contribution in [0.5, 0.6) is 0 Å². The molecule has 0 saturated heterocycles. The first-order chi connectivity index (χ1) is 12.2. The molecule has 0 fully saturated rings. The van der Waals surface area contributed by atoms with Gasteiger partial charge in [-0.3, -0.25) is 9.69 Å². The zero-order valence-electron chi connectivity index (χ0n) is 15.3. The number of rotatable bonds is 6. The summed E-state index contributed by atoms with van der Waals surface area (Å²) in [6, 6.07) is 17.0. The molecule has 0 saturated carbocycles. The van der Waals surface area contributed by atoms with Crippen molar-refractivity contribution in [3.05, 3.63) is 70.8 Å². The van der Waals surface area contributed by atoms with Crippen LogP contribution in [0.3, 0.4) is 0 Å². The molecule has 25 heavy (non-hydrogen) atoms. The molecule has 0 aliphatic carbocycles. The van der Waals surface area contributed by atoms with Gasteiger partial charge < -0.3 is 5.32 Å². The lowest BCUT2D eigenvalue weighted by Gasteiger charge is -2.28. The third-order valence-corrected chi connectivity index (χ3v) is 4.93. The quantitative estimate of drug-likeness (QED) is 0.859. The molecule has 2 aromatic rings. The molecule has 3 nitrogen and oxygen atoms in total. The minimum absolute atomic E-state index is 0.0272. The van der Waals surface area contributed by atoms with Crippen LogP contribution in [0.1, 0.15) is 53.7 Å². The molecule has 3 heteroatoms. The van der Waals surface area contributed by atoms with E-state index in [0.29, 0.717) is 0 Å². The molecule has 0 aromatic heterocycles. The number of carbonyl (C=O) groups excluding carboxylic acids is 1. The first-order valence-corrected chi connectivity index (χ1v) is 9.34. The van der Waals surface area contributed by atoms with E-state index < -0.39 is 0 Å². The van der Waals surface area contributed by atoms with Gasteiger partial charge in [-0.1, -0.05) is 49.7 Å². The van der Waals surface area contributed by atoms with E-state index in [4.69, 9.17) is 0 Å². The molecule has 0 radical (unpaired) electrons. The Hall–Kier alpha value is -2.13. The largest absolute Gasteiger partial charge is 0.350 e. The van der Waals surface area contributed by atoms with Gasteiger partial charge >= 0.3 is 0 Å². The molecule has 1 heterocycles. The smallest absolute Gasteiger partial charge is 0.251 e. The number of hydrogen-bond acceptors (Lipinski definition) is 2. The van der Waals surface area contributed by atoms with Gasteiger partial charge in [0.1, 0.15) is 0 Å². The molecule has 132 valence electrons. The van der Waals surface area contributed by atoms with Gasteiger partial charge in [-0.25, -0.2) is 0 Å². The fourth-order valence-electron chi connectivity index (χ4n) is 3.52. The number of nitrogens with one attached hydrogen (secondary N) is 1. The van der Waals surface area contributed by atoms with E-state index in [1.54, 1.807) is 0 Å². The monoisotopic (exact) mass is 336 g/mol. The van der Waals surface area contributed by atoms with Gasteiger partial charge in [0, 0.05) is 31.2 Å². The second-order valence-electron chi connectivity index (χ2n) is 7.09. The van der Waals surface area contributed by atoms with Crippen LogP contribution in [0.25, 0.3) is 0 Å². The van der Waals surface area contributed by atoms with E-state index in [1.807, 2.05) is 12.1 Å². The Labute approximate surface area is 151 Å². The molecule has 1 atom stereocenters. The Balaban J connectivity index is 1.57. The number of carbonyl (C=O) groups is 1. The minimum Gasteiger partial charge on any atom is -0.350 e. The zero-order valence-corrected chi connectivity index (χ0v) is 15.3. The summed E-state index contributed by atoms with van der Waals surface area (Å²) in [6.45, 7) is 7.23.